The maximum atomic E-state index is 9.92. The third-order valence-electron chi connectivity index (χ3n) is 2.47. The van der Waals surface area contributed by atoms with Gasteiger partial charge in [0, 0.05) is 0 Å². The molecule has 0 aliphatic heterocycles. The number of aliphatic hydroxyl groups excluding tert-OH is 1. The number of aryl methyl sites for hydroxylation is 3. The van der Waals surface area contributed by atoms with Crippen molar-refractivity contribution in [2.45, 2.75) is 39.2 Å². The lowest BCUT2D eigenvalue weighted by atomic mass is 9.94. The number of alkyl halides is 1. The smallest absolute Gasteiger partial charge is 0.0955 e. The zero-order valence-electron chi connectivity index (χ0n) is 9.13. The fraction of sp³-hybridized carbons (Fsp3) is 0.500. The summed E-state index contributed by atoms with van der Waals surface area (Å²) in [5.74, 6) is 0. The van der Waals surface area contributed by atoms with Crippen LogP contribution < -0.4 is 0 Å². The zero-order valence-corrected chi connectivity index (χ0v) is 9.89. The first-order valence-electron chi connectivity index (χ1n) is 4.83. The highest BCUT2D eigenvalue weighted by atomic mass is 35.5. The molecule has 0 aliphatic rings. The van der Waals surface area contributed by atoms with Crippen molar-refractivity contribution in [3.05, 3.63) is 34.4 Å². The van der Waals surface area contributed by atoms with E-state index < -0.39 is 6.10 Å². The molecule has 0 aromatic heterocycles. The molecule has 0 aliphatic carbocycles. The molecule has 2 unspecified atom stereocenters. The van der Waals surface area contributed by atoms with Crippen LogP contribution in [0.3, 0.4) is 0 Å². The summed E-state index contributed by atoms with van der Waals surface area (Å²) >= 11 is 5.90. The highest BCUT2D eigenvalue weighted by molar-refractivity contribution is 6.20. The fourth-order valence-corrected chi connectivity index (χ4v) is 2.01. The first-order valence-corrected chi connectivity index (χ1v) is 5.27. The first-order chi connectivity index (χ1) is 6.43. The third kappa shape index (κ3) is 2.28. The molecule has 1 rings (SSSR count). The van der Waals surface area contributed by atoms with E-state index in [4.69, 9.17) is 11.6 Å². The Morgan fingerprint density at radius 2 is 1.57 bits per heavy atom. The van der Waals surface area contributed by atoms with Crippen LogP contribution in [-0.2, 0) is 0 Å². The summed E-state index contributed by atoms with van der Waals surface area (Å²) in [7, 11) is 0. The van der Waals surface area contributed by atoms with Gasteiger partial charge >= 0.3 is 0 Å². The molecule has 0 saturated carbocycles. The number of rotatable bonds is 2. The van der Waals surface area contributed by atoms with Gasteiger partial charge < -0.3 is 5.11 Å². The molecule has 0 heterocycles. The van der Waals surface area contributed by atoms with E-state index in [1.165, 1.54) is 5.56 Å². The van der Waals surface area contributed by atoms with E-state index in [2.05, 4.69) is 19.1 Å². The molecule has 2 heteroatoms. The minimum atomic E-state index is -0.572. The molecule has 0 radical (unpaired) electrons. The normalized spacial score (nSPS) is 15.3. The summed E-state index contributed by atoms with van der Waals surface area (Å²) in [4.78, 5) is 0. The van der Waals surface area contributed by atoms with Crippen molar-refractivity contribution >= 4 is 11.6 Å². The van der Waals surface area contributed by atoms with Crippen LogP contribution in [-0.4, -0.2) is 10.5 Å². The molecule has 0 saturated heterocycles. The number of benzene rings is 1. The van der Waals surface area contributed by atoms with Crippen LogP contribution in [0.2, 0.25) is 0 Å². The molecule has 1 aromatic rings. The summed E-state index contributed by atoms with van der Waals surface area (Å²) in [5.41, 5.74) is 4.42. The molecule has 1 N–H and O–H groups in total. The van der Waals surface area contributed by atoms with E-state index in [1.54, 1.807) is 0 Å². The van der Waals surface area contributed by atoms with E-state index in [0.29, 0.717) is 0 Å². The molecule has 0 amide bonds. The first kappa shape index (κ1) is 11.5. The third-order valence-corrected chi connectivity index (χ3v) is 2.71. The molecule has 0 spiro atoms. The number of halogens is 1. The Labute approximate surface area is 90.7 Å². The van der Waals surface area contributed by atoms with E-state index in [0.717, 1.165) is 16.7 Å². The minimum Gasteiger partial charge on any atom is -0.387 e. The second-order valence-electron chi connectivity index (χ2n) is 3.93. The highest BCUT2D eigenvalue weighted by Gasteiger charge is 2.18. The van der Waals surface area contributed by atoms with Crippen molar-refractivity contribution in [1.82, 2.24) is 0 Å². The lowest BCUT2D eigenvalue weighted by molar-refractivity contribution is 0.176. The lowest BCUT2D eigenvalue weighted by Gasteiger charge is -2.19. The van der Waals surface area contributed by atoms with Gasteiger partial charge in [0.05, 0.1) is 11.5 Å². The van der Waals surface area contributed by atoms with Crippen molar-refractivity contribution in [2.75, 3.05) is 0 Å². The second kappa shape index (κ2) is 4.33. The number of aliphatic hydroxyl groups is 1. The van der Waals surface area contributed by atoms with Crippen molar-refractivity contribution in [3.63, 3.8) is 0 Å². The molecule has 0 bridgehead atoms. The molecule has 0 fully saturated rings. The summed E-state index contributed by atoms with van der Waals surface area (Å²) in [6, 6.07) is 4.15. The van der Waals surface area contributed by atoms with Crippen LogP contribution in [0.15, 0.2) is 12.1 Å². The molecule has 1 nitrogen and oxygen atoms in total. The average Bonchev–Trinajstić information content (AvgIpc) is 2.01. The van der Waals surface area contributed by atoms with Crippen molar-refractivity contribution in [1.29, 1.82) is 0 Å². The van der Waals surface area contributed by atoms with Gasteiger partial charge in [-0.25, -0.2) is 0 Å². The van der Waals surface area contributed by atoms with Crippen LogP contribution in [0, 0.1) is 20.8 Å². The zero-order chi connectivity index (χ0) is 10.9. The van der Waals surface area contributed by atoms with E-state index in [1.807, 2.05) is 20.8 Å². The van der Waals surface area contributed by atoms with Crippen LogP contribution in [0.1, 0.15) is 35.3 Å². The van der Waals surface area contributed by atoms with Gasteiger partial charge in [0.15, 0.2) is 0 Å². The highest BCUT2D eigenvalue weighted by Crippen LogP contribution is 2.27. The maximum Gasteiger partial charge on any atom is 0.0955 e. The topological polar surface area (TPSA) is 20.2 Å². The second-order valence-corrected chi connectivity index (χ2v) is 4.62. The minimum absolute atomic E-state index is 0.255. The number of hydrogen-bond acceptors (Lipinski definition) is 1. The van der Waals surface area contributed by atoms with Crippen molar-refractivity contribution in [2.24, 2.45) is 0 Å². The standard InChI is InChI=1S/C12H17ClO/c1-7-5-8(2)11(9(3)6-7)12(14)10(4)13/h5-6,10,12,14H,1-4H3. The molecular weight excluding hydrogens is 196 g/mol. The maximum absolute atomic E-state index is 9.92. The lowest BCUT2D eigenvalue weighted by Crippen LogP contribution is -2.11. The van der Waals surface area contributed by atoms with E-state index >= 15 is 0 Å². The quantitative estimate of drug-likeness (QED) is 0.747. The van der Waals surface area contributed by atoms with Gasteiger partial charge in [0.1, 0.15) is 0 Å². The average molecular weight is 213 g/mol. The van der Waals surface area contributed by atoms with Gasteiger partial charge in [-0.1, -0.05) is 17.7 Å². The van der Waals surface area contributed by atoms with Crippen LogP contribution >= 0.6 is 11.6 Å². The van der Waals surface area contributed by atoms with Crippen LogP contribution in [0.5, 0.6) is 0 Å². The predicted octanol–water partition coefficient (Wildman–Crippen LogP) is 3.27. The van der Waals surface area contributed by atoms with Crippen molar-refractivity contribution < 1.29 is 5.11 Å². The SMILES string of the molecule is Cc1cc(C)c(C(O)C(C)Cl)c(C)c1. The van der Waals surface area contributed by atoms with Gasteiger partial charge in [-0.2, -0.15) is 0 Å². The summed E-state index contributed by atoms with van der Waals surface area (Å²) in [6.45, 7) is 7.89. The Hall–Kier alpha value is -0.530. The molecule has 14 heavy (non-hydrogen) atoms. The van der Waals surface area contributed by atoms with Crippen LogP contribution in [0.25, 0.3) is 0 Å². The fourth-order valence-electron chi connectivity index (χ4n) is 1.89. The van der Waals surface area contributed by atoms with Crippen LogP contribution in [0.4, 0.5) is 0 Å². The van der Waals surface area contributed by atoms with E-state index in [-0.39, 0.29) is 5.38 Å². The Morgan fingerprint density at radius 3 is 1.93 bits per heavy atom. The largest absolute Gasteiger partial charge is 0.387 e. The molecule has 78 valence electrons. The molecule has 2 atom stereocenters. The van der Waals surface area contributed by atoms with E-state index in [9.17, 15) is 5.11 Å². The summed E-state index contributed by atoms with van der Waals surface area (Å²) < 4.78 is 0. The van der Waals surface area contributed by atoms with Gasteiger partial charge in [0.25, 0.3) is 0 Å². The Bertz CT molecular complexity index is 308. The molecular formula is C12H17ClO. The Kier molecular flexibility index (Phi) is 3.57. The number of hydrogen-bond donors (Lipinski definition) is 1. The molecule has 1 aromatic carbocycles. The van der Waals surface area contributed by atoms with Gasteiger partial charge in [-0.05, 0) is 44.4 Å². The Balaban J connectivity index is 3.20. The van der Waals surface area contributed by atoms with Gasteiger partial charge in [-0.3, -0.25) is 0 Å². The van der Waals surface area contributed by atoms with Gasteiger partial charge in [0.2, 0.25) is 0 Å². The van der Waals surface area contributed by atoms with Gasteiger partial charge in [-0.15, -0.1) is 11.6 Å². The predicted molar refractivity (Wildman–Crippen MR) is 60.9 cm³/mol. The monoisotopic (exact) mass is 212 g/mol. The summed E-state index contributed by atoms with van der Waals surface area (Å²) in [5, 5.41) is 9.66. The van der Waals surface area contributed by atoms with Crippen molar-refractivity contribution in [3.8, 4) is 0 Å². The Morgan fingerprint density at radius 1 is 1.14 bits per heavy atom. The summed E-state index contributed by atoms with van der Waals surface area (Å²) in [6.07, 6.45) is -0.572.